The second kappa shape index (κ2) is 9.70. The van der Waals surface area contributed by atoms with E-state index < -0.39 is 0 Å². The molecular formula is C17H32IN7. The number of nitrogens with zero attached hydrogens (tertiary/aromatic N) is 5. The molecule has 0 spiro atoms. The van der Waals surface area contributed by atoms with Crippen molar-refractivity contribution in [3.05, 3.63) is 11.6 Å². The van der Waals surface area contributed by atoms with Crippen LogP contribution in [0.2, 0.25) is 0 Å². The lowest BCUT2D eigenvalue weighted by atomic mass is 10.2. The molecule has 2 aliphatic rings. The molecule has 2 N–H and O–H groups in total. The standard InChI is InChI=1S/C17H31N7.HI/c1-4-18-17(19-11-16-22-21-13(2)23(16)3)20-14-9-10-24(12-14)15-7-5-6-8-15;/h14-15H,4-12H2,1-3H3,(H2,18,19,20);1H. The molecule has 1 aromatic rings. The van der Waals surface area contributed by atoms with Crippen LogP contribution in [0.3, 0.4) is 0 Å². The van der Waals surface area contributed by atoms with Gasteiger partial charge in [-0.05, 0) is 33.1 Å². The van der Waals surface area contributed by atoms with Crippen molar-refractivity contribution in [1.29, 1.82) is 0 Å². The second-order valence-corrected chi connectivity index (χ2v) is 6.98. The van der Waals surface area contributed by atoms with Gasteiger partial charge in [-0.2, -0.15) is 0 Å². The summed E-state index contributed by atoms with van der Waals surface area (Å²) in [7, 11) is 1.98. The fourth-order valence-electron chi connectivity index (χ4n) is 3.76. The van der Waals surface area contributed by atoms with Gasteiger partial charge in [-0.25, -0.2) is 4.99 Å². The highest BCUT2D eigenvalue weighted by molar-refractivity contribution is 14.0. The van der Waals surface area contributed by atoms with Gasteiger partial charge < -0.3 is 15.2 Å². The lowest BCUT2D eigenvalue weighted by Crippen LogP contribution is -2.45. The summed E-state index contributed by atoms with van der Waals surface area (Å²) < 4.78 is 1.99. The van der Waals surface area contributed by atoms with Crippen LogP contribution >= 0.6 is 24.0 Å². The van der Waals surface area contributed by atoms with Crippen molar-refractivity contribution < 1.29 is 0 Å². The number of aliphatic imine (C=N–C) groups is 1. The van der Waals surface area contributed by atoms with E-state index in [4.69, 9.17) is 4.99 Å². The zero-order valence-corrected chi connectivity index (χ0v) is 18.0. The van der Waals surface area contributed by atoms with Gasteiger partial charge in [0.25, 0.3) is 0 Å². The molecule has 0 aromatic carbocycles. The maximum absolute atomic E-state index is 4.70. The predicted octanol–water partition coefficient (Wildman–Crippen LogP) is 1.81. The average Bonchev–Trinajstić information content (AvgIpc) is 3.29. The number of hydrogen-bond acceptors (Lipinski definition) is 4. The van der Waals surface area contributed by atoms with Crippen LogP contribution in [0.5, 0.6) is 0 Å². The largest absolute Gasteiger partial charge is 0.357 e. The molecule has 25 heavy (non-hydrogen) atoms. The third-order valence-electron chi connectivity index (χ3n) is 5.31. The minimum atomic E-state index is 0. The van der Waals surface area contributed by atoms with Gasteiger partial charge in [-0.3, -0.25) is 4.90 Å². The first-order valence-corrected chi connectivity index (χ1v) is 9.31. The molecule has 1 unspecified atom stereocenters. The van der Waals surface area contributed by atoms with Gasteiger partial charge in [0.1, 0.15) is 12.4 Å². The van der Waals surface area contributed by atoms with Crippen molar-refractivity contribution in [3.63, 3.8) is 0 Å². The number of hydrogen-bond donors (Lipinski definition) is 2. The molecule has 8 heteroatoms. The molecule has 2 fully saturated rings. The van der Waals surface area contributed by atoms with Crippen LogP contribution in [0.15, 0.2) is 4.99 Å². The Balaban J connectivity index is 0.00000225. The summed E-state index contributed by atoms with van der Waals surface area (Å²) in [5, 5.41) is 15.2. The summed E-state index contributed by atoms with van der Waals surface area (Å²) >= 11 is 0. The van der Waals surface area contributed by atoms with Crippen LogP contribution in [0.25, 0.3) is 0 Å². The van der Waals surface area contributed by atoms with E-state index in [2.05, 4.69) is 32.7 Å². The number of aryl methyl sites for hydroxylation is 1. The van der Waals surface area contributed by atoms with E-state index in [1.165, 1.54) is 38.6 Å². The third-order valence-corrected chi connectivity index (χ3v) is 5.31. The minimum Gasteiger partial charge on any atom is -0.357 e. The Labute approximate surface area is 168 Å². The highest BCUT2D eigenvalue weighted by Crippen LogP contribution is 2.26. The number of likely N-dealkylation sites (tertiary alicyclic amines) is 1. The molecule has 0 bridgehead atoms. The van der Waals surface area contributed by atoms with Gasteiger partial charge in [0.15, 0.2) is 11.8 Å². The van der Waals surface area contributed by atoms with E-state index in [1.807, 2.05) is 18.5 Å². The lowest BCUT2D eigenvalue weighted by molar-refractivity contribution is 0.242. The quantitative estimate of drug-likeness (QED) is 0.398. The summed E-state index contributed by atoms with van der Waals surface area (Å²) in [4.78, 5) is 7.36. The van der Waals surface area contributed by atoms with Crippen molar-refractivity contribution in [3.8, 4) is 0 Å². The molecule has 7 nitrogen and oxygen atoms in total. The van der Waals surface area contributed by atoms with Gasteiger partial charge in [0.2, 0.25) is 0 Å². The second-order valence-electron chi connectivity index (χ2n) is 6.98. The first-order valence-electron chi connectivity index (χ1n) is 9.31. The summed E-state index contributed by atoms with van der Waals surface area (Å²) in [6, 6.07) is 1.31. The predicted molar refractivity (Wildman–Crippen MR) is 111 cm³/mol. The Morgan fingerprint density at radius 3 is 2.64 bits per heavy atom. The topological polar surface area (TPSA) is 70.4 Å². The number of aromatic nitrogens is 3. The summed E-state index contributed by atoms with van der Waals surface area (Å²) in [5.74, 6) is 2.70. The Morgan fingerprint density at radius 2 is 2.00 bits per heavy atom. The van der Waals surface area contributed by atoms with E-state index in [0.29, 0.717) is 12.6 Å². The molecule has 1 aromatic heterocycles. The Morgan fingerprint density at radius 1 is 1.24 bits per heavy atom. The van der Waals surface area contributed by atoms with Crippen molar-refractivity contribution in [1.82, 2.24) is 30.3 Å². The molecule has 1 atom stereocenters. The zero-order valence-electron chi connectivity index (χ0n) is 15.7. The Hall–Kier alpha value is -0.900. The van der Waals surface area contributed by atoms with Crippen LogP contribution in [-0.2, 0) is 13.6 Å². The fraction of sp³-hybridized carbons (Fsp3) is 0.824. The molecule has 1 aliphatic carbocycles. The van der Waals surface area contributed by atoms with Gasteiger partial charge in [-0.15, -0.1) is 34.2 Å². The normalized spacial score (nSPS) is 22.2. The first-order chi connectivity index (χ1) is 11.7. The number of nitrogens with one attached hydrogen (secondary N) is 2. The van der Waals surface area contributed by atoms with E-state index in [0.717, 1.165) is 36.7 Å². The van der Waals surface area contributed by atoms with Crippen LogP contribution in [0.1, 0.15) is 50.7 Å². The van der Waals surface area contributed by atoms with Crippen molar-refractivity contribution in [2.75, 3.05) is 19.6 Å². The molecule has 1 saturated carbocycles. The lowest BCUT2D eigenvalue weighted by Gasteiger charge is -2.24. The fourth-order valence-corrected chi connectivity index (χ4v) is 3.76. The zero-order chi connectivity index (χ0) is 16.9. The molecule has 2 heterocycles. The summed E-state index contributed by atoms with van der Waals surface area (Å²) in [6.45, 7) is 7.82. The van der Waals surface area contributed by atoms with Crippen molar-refractivity contribution in [2.24, 2.45) is 12.0 Å². The van der Waals surface area contributed by atoms with E-state index in [9.17, 15) is 0 Å². The molecule has 3 rings (SSSR count). The number of halogens is 1. The van der Waals surface area contributed by atoms with Crippen molar-refractivity contribution >= 4 is 29.9 Å². The summed E-state index contributed by atoms with van der Waals surface area (Å²) in [6.07, 6.45) is 6.77. The minimum absolute atomic E-state index is 0. The Kier molecular flexibility index (Phi) is 7.92. The first kappa shape index (κ1) is 20.4. The molecule has 1 aliphatic heterocycles. The molecule has 1 saturated heterocycles. The van der Waals surface area contributed by atoms with Crippen molar-refractivity contribution in [2.45, 2.75) is 64.6 Å². The smallest absolute Gasteiger partial charge is 0.191 e. The van der Waals surface area contributed by atoms with E-state index in [-0.39, 0.29) is 24.0 Å². The maximum atomic E-state index is 4.70. The molecule has 0 amide bonds. The monoisotopic (exact) mass is 461 g/mol. The summed E-state index contributed by atoms with van der Waals surface area (Å²) in [5.41, 5.74) is 0. The van der Waals surface area contributed by atoms with Crippen LogP contribution in [0.4, 0.5) is 0 Å². The molecular weight excluding hydrogens is 429 g/mol. The Bertz CT molecular complexity index is 565. The highest BCUT2D eigenvalue weighted by Gasteiger charge is 2.30. The van der Waals surface area contributed by atoms with Gasteiger partial charge in [-0.1, -0.05) is 12.8 Å². The molecule has 0 radical (unpaired) electrons. The molecule has 142 valence electrons. The average molecular weight is 461 g/mol. The third kappa shape index (κ3) is 5.29. The van der Waals surface area contributed by atoms with Gasteiger partial charge in [0.05, 0.1) is 0 Å². The number of rotatable bonds is 5. The van der Waals surface area contributed by atoms with Crippen LogP contribution in [0, 0.1) is 6.92 Å². The highest BCUT2D eigenvalue weighted by atomic mass is 127. The maximum Gasteiger partial charge on any atom is 0.191 e. The van der Waals surface area contributed by atoms with Crippen LogP contribution < -0.4 is 10.6 Å². The number of guanidine groups is 1. The van der Waals surface area contributed by atoms with E-state index in [1.54, 1.807) is 0 Å². The van der Waals surface area contributed by atoms with Gasteiger partial charge >= 0.3 is 0 Å². The van der Waals surface area contributed by atoms with Crippen LogP contribution in [-0.4, -0.2) is 57.3 Å². The van der Waals surface area contributed by atoms with Gasteiger partial charge in [0, 0.05) is 38.8 Å². The van der Waals surface area contributed by atoms with E-state index >= 15 is 0 Å². The SMILES string of the molecule is CCNC(=NCc1nnc(C)n1C)NC1CCN(C2CCCC2)C1.I.